The molecule has 2 amide bonds. The Morgan fingerprint density at radius 3 is 2.58 bits per heavy atom. The first-order valence-corrected chi connectivity index (χ1v) is 10.8. The third-order valence-corrected chi connectivity index (χ3v) is 7.34. The fourth-order valence-electron chi connectivity index (χ4n) is 5.46. The van der Waals surface area contributed by atoms with Crippen molar-refractivity contribution in [3.63, 3.8) is 0 Å². The maximum absolute atomic E-state index is 13.2. The molecule has 7 nitrogen and oxygen atoms in total. The maximum Gasteiger partial charge on any atom is 0.257 e. The molecule has 1 saturated heterocycles. The van der Waals surface area contributed by atoms with Crippen LogP contribution in [0.4, 0.5) is 0 Å². The van der Waals surface area contributed by atoms with Crippen molar-refractivity contribution in [1.82, 2.24) is 5.06 Å². The Balaban J connectivity index is 1.75. The maximum atomic E-state index is 13.2. The van der Waals surface area contributed by atoms with Gasteiger partial charge in [0.1, 0.15) is 5.75 Å². The number of amides is 2. The average molecular weight is 484 g/mol. The molecule has 4 atom stereocenters. The van der Waals surface area contributed by atoms with E-state index in [1.807, 2.05) is 6.08 Å². The Morgan fingerprint density at radius 1 is 1.10 bits per heavy atom. The summed E-state index contributed by atoms with van der Waals surface area (Å²) in [4.78, 5) is 51.2. The van der Waals surface area contributed by atoms with Crippen LogP contribution < -0.4 is 0 Å². The number of nitrogens with zero attached hydrogens (tertiary/aromatic N) is 1. The van der Waals surface area contributed by atoms with E-state index in [4.69, 9.17) is 0 Å². The molecule has 1 aromatic carbocycles. The van der Waals surface area contributed by atoms with E-state index in [2.05, 4.69) is 15.9 Å². The number of halogens is 1. The number of benzene rings is 1. The van der Waals surface area contributed by atoms with Crippen molar-refractivity contribution in [2.75, 3.05) is 0 Å². The highest BCUT2D eigenvalue weighted by Gasteiger charge is 2.56. The van der Waals surface area contributed by atoms with Gasteiger partial charge in [-0.05, 0) is 50.0 Å². The van der Waals surface area contributed by atoms with Crippen molar-refractivity contribution in [1.29, 1.82) is 0 Å². The molecule has 0 unspecified atom stereocenters. The fourth-order valence-corrected chi connectivity index (χ4v) is 5.84. The molecule has 2 N–H and O–H groups in total. The summed E-state index contributed by atoms with van der Waals surface area (Å²) < 4.78 is 0.689. The number of fused-ring (bicyclic) bond motifs is 3. The number of aromatic hydroxyl groups is 1. The molecule has 1 fully saturated rings. The van der Waals surface area contributed by atoms with Crippen LogP contribution in [0.25, 0.3) is 0 Å². The molecular weight excluding hydrogens is 466 g/mol. The summed E-state index contributed by atoms with van der Waals surface area (Å²) in [6, 6.07) is 4.87. The fraction of sp³-hybridized carbons (Fsp3) is 0.304. The number of phenols is 1. The molecule has 1 heterocycles. The van der Waals surface area contributed by atoms with E-state index < -0.39 is 35.5 Å². The monoisotopic (exact) mass is 483 g/mol. The van der Waals surface area contributed by atoms with Crippen LogP contribution in [-0.2, 0) is 19.2 Å². The number of hydrogen-bond donors (Lipinski definition) is 2. The predicted octanol–water partition coefficient (Wildman–Crippen LogP) is 2.97. The van der Waals surface area contributed by atoms with Gasteiger partial charge in [0.25, 0.3) is 11.8 Å². The molecule has 0 saturated carbocycles. The van der Waals surface area contributed by atoms with Gasteiger partial charge in [-0.25, -0.2) is 0 Å². The molecule has 0 aromatic heterocycles. The van der Waals surface area contributed by atoms with E-state index in [0.29, 0.717) is 26.8 Å². The minimum atomic E-state index is -0.807. The van der Waals surface area contributed by atoms with Crippen molar-refractivity contribution >= 4 is 39.3 Å². The van der Waals surface area contributed by atoms with Gasteiger partial charge >= 0.3 is 0 Å². The zero-order valence-electron chi connectivity index (χ0n) is 16.5. The predicted molar refractivity (Wildman–Crippen MR) is 111 cm³/mol. The van der Waals surface area contributed by atoms with Gasteiger partial charge in [-0.15, -0.1) is 0 Å². The number of hydroxylamine groups is 2. The van der Waals surface area contributed by atoms with E-state index in [9.17, 15) is 29.5 Å². The Bertz CT molecular complexity index is 1190. The second-order valence-electron chi connectivity index (χ2n) is 8.42. The van der Waals surface area contributed by atoms with Gasteiger partial charge < -0.3 is 5.11 Å². The Labute approximate surface area is 185 Å². The van der Waals surface area contributed by atoms with Crippen molar-refractivity contribution in [3.05, 3.63) is 62.7 Å². The minimum absolute atomic E-state index is 0.0335. The lowest BCUT2D eigenvalue weighted by Crippen LogP contribution is -2.39. The Morgan fingerprint density at radius 2 is 1.84 bits per heavy atom. The van der Waals surface area contributed by atoms with Crippen LogP contribution in [0.1, 0.15) is 31.2 Å². The van der Waals surface area contributed by atoms with E-state index in [-0.39, 0.29) is 35.2 Å². The molecule has 4 aliphatic rings. The molecule has 0 bridgehead atoms. The minimum Gasteiger partial charge on any atom is -0.508 e. The van der Waals surface area contributed by atoms with Crippen LogP contribution in [-0.4, -0.2) is 38.8 Å². The van der Waals surface area contributed by atoms with Gasteiger partial charge in [-0.3, -0.25) is 24.4 Å². The molecule has 5 rings (SSSR count). The summed E-state index contributed by atoms with van der Waals surface area (Å²) in [7, 11) is 0. The number of carbonyl (C=O) groups is 4. The van der Waals surface area contributed by atoms with Gasteiger partial charge in [0, 0.05) is 32.7 Å². The molecule has 31 heavy (non-hydrogen) atoms. The number of ketones is 2. The van der Waals surface area contributed by atoms with Crippen LogP contribution in [0.3, 0.4) is 0 Å². The van der Waals surface area contributed by atoms with Crippen LogP contribution in [0.5, 0.6) is 5.75 Å². The van der Waals surface area contributed by atoms with Gasteiger partial charge in [0.2, 0.25) is 0 Å². The number of rotatable bonds is 1. The summed E-state index contributed by atoms with van der Waals surface area (Å²) in [5.41, 5.74) is 2.12. The molecule has 1 aliphatic heterocycles. The number of allylic oxidation sites excluding steroid dienone is 6. The Hall–Kier alpha value is -2.84. The number of phenolic OH excluding ortho intramolecular Hbond substituents is 1. The van der Waals surface area contributed by atoms with Gasteiger partial charge in [-0.2, -0.15) is 5.06 Å². The first-order chi connectivity index (χ1) is 14.7. The third-order valence-electron chi connectivity index (χ3n) is 6.84. The molecular formula is C23H18BrNO6. The first kappa shape index (κ1) is 20.1. The van der Waals surface area contributed by atoms with E-state index in [1.54, 1.807) is 19.1 Å². The van der Waals surface area contributed by atoms with Crippen molar-refractivity contribution in [3.8, 4) is 5.75 Å². The van der Waals surface area contributed by atoms with Crippen LogP contribution in [0.2, 0.25) is 0 Å². The van der Waals surface area contributed by atoms with E-state index in [1.165, 1.54) is 12.1 Å². The summed E-state index contributed by atoms with van der Waals surface area (Å²) in [6.07, 6.45) is 3.50. The molecule has 158 valence electrons. The van der Waals surface area contributed by atoms with Crippen molar-refractivity contribution in [2.24, 2.45) is 17.8 Å². The van der Waals surface area contributed by atoms with Crippen LogP contribution in [0, 0.1) is 17.8 Å². The lowest BCUT2D eigenvalue weighted by molar-refractivity contribution is -0.173. The number of Topliss-reactive ketones (excluding diaryl/α,β-unsaturated/α-hetero) is 1. The summed E-state index contributed by atoms with van der Waals surface area (Å²) in [5.74, 6) is -4.69. The number of carbonyl (C=O) groups excluding carboxylic acids is 4. The van der Waals surface area contributed by atoms with Crippen LogP contribution >= 0.6 is 15.9 Å². The standard InChI is InChI=1S/C23H18BrNO6/c1-9-6-17(27)15-8-13-11(3-4-12-19(13)23(30)25(31)22(12)29)18(20(15)21(9)28)14-7-10(24)2-5-16(14)26/h2-3,5-7,12-13,18-19,26,31H,4,8H2,1H3/t12-,13+,18+,19-/m0/s1. The van der Waals surface area contributed by atoms with Crippen molar-refractivity contribution < 1.29 is 29.5 Å². The highest BCUT2D eigenvalue weighted by atomic mass is 79.9. The summed E-state index contributed by atoms with van der Waals surface area (Å²) in [5, 5.41) is 20.8. The molecule has 3 aliphatic carbocycles. The van der Waals surface area contributed by atoms with E-state index in [0.717, 1.165) is 5.57 Å². The number of hydrogen-bond acceptors (Lipinski definition) is 6. The SMILES string of the molecule is CC1=CC(=O)C2=C(C1=O)[C@@H](c1cc(Br)ccc1O)C1=CC[C@@H]3C(=O)N(O)C(=O)[C@@H]3[C@@H]1C2. The topological polar surface area (TPSA) is 112 Å². The molecule has 0 spiro atoms. The van der Waals surface area contributed by atoms with Crippen molar-refractivity contribution in [2.45, 2.75) is 25.7 Å². The molecule has 1 aromatic rings. The van der Waals surface area contributed by atoms with Gasteiger partial charge in [-0.1, -0.05) is 27.6 Å². The Kier molecular flexibility index (Phi) is 4.43. The highest BCUT2D eigenvalue weighted by molar-refractivity contribution is 9.10. The summed E-state index contributed by atoms with van der Waals surface area (Å²) >= 11 is 3.40. The quantitative estimate of drug-likeness (QED) is 0.275. The highest BCUT2D eigenvalue weighted by Crippen LogP contribution is 2.56. The second-order valence-corrected chi connectivity index (χ2v) is 9.34. The number of imide groups is 1. The smallest absolute Gasteiger partial charge is 0.257 e. The normalized spacial score (nSPS) is 30.1. The summed E-state index contributed by atoms with van der Waals surface area (Å²) in [6.45, 7) is 1.59. The lowest BCUT2D eigenvalue weighted by Gasteiger charge is -2.42. The van der Waals surface area contributed by atoms with Crippen LogP contribution in [0.15, 0.2) is 57.1 Å². The third kappa shape index (κ3) is 2.74. The zero-order valence-corrected chi connectivity index (χ0v) is 18.0. The van der Waals surface area contributed by atoms with E-state index >= 15 is 0 Å². The van der Waals surface area contributed by atoms with Gasteiger partial charge in [0.05, 0.1) is 11.8 Å². The lowest BCUT2D eigenvalue weighted by atomic mass is 9.59. The largest absolute Gasteiger partial charge is 0.508 e. The molecule has 8 heteroatoms. The molecule has 0 radical (unpaired) electrons. The second kappa shape index (κ2) is 6.83. The first-order valence-electron chi connectivity index (χ1n) is 9.96. The average Bonchev–Trinajstić information content (AvgIpc) is 2.96. The zero-order chi connectivity index (χ0) is 22.2. The van der Waals surface area contributed by atoms with Gasteiger partial charge in [0.15, 0.2) is 11.6 Å².